The number of hydrogen-bond acceptors (Lipinski definition) is 5. The van der Waals surface area contributed by atoms with E-state index in [-0.39, 0.29) is 18.5 Å². The molecule has 112 valence electrons. The van der Waals surface area contributed by atoms with Crippen molar-refractivity contribution in [3.05, 3.63) is 29.5 Å². The first-order valence-corrected chi connectivity index (χ1v) is 6.86. The molecule has 1 heterocycles. The van der Waals surface area contributed by atoms with Gasteiger partial charge in [-0.15, -0.1) is 0 Å². The Morgan fingerprint density at radius 3 is 2.62 bits per heavy atom. The highest BCUT2D eigenvalue weighted by molar-refractivity contribution is 6.05. The van der Waals surface area contributed by atoms with Crippen LogP contribution in [0.3, 0.4) is 0 Å². The summed E-state index contributed by atoms with van der Waals surface area (Å²) in [5, 5.41) is 0.583. The highest BCUT2D eigenvalue weighted by Crippen LogP contribution is 2.30. The Hall–Kier alpha value is -2.30. The molecule has 0 saturated carbocycles. The summed E-state index contributed by atoms with van der Waals surface area (Å²) in [5.74, 6) is -0.131. The Kier molecular flexibility index (Phi) is 4.31. The molecule has 5 heteroatoms. The van der Waals surface area contributed by atoms with Crippen LogP contribution in [0.1, 0.15) is 36.9 Å². The molecule has 0 unspecified atom stereocenters. The minimum atomic E-state index is -0.443. The zero-order valence-corrected chi connectivity index (χ0v) is 12.6. The largest absolute Gasteiger partial charge is 0.462 e. The van der Waals surface area contributed by atoms with Crippen molar-refractivity contribution in [3.63, 3.8) is 0 Å². The number of carbonyl (C=O) groups excluding carboxylic acids is 2. The molecular weight excluding hydrogens is 272 g/mol. The molecular formula is C16H18O5. The third kappa shape index (κ3) is 3.07. The maximum absolute atomic E-state index is 12.0. The van der Waals surface area contributed by atoms with E-state index in [0.29, 0.717) is 28.0 Å². The van der Waals surface area contributed by atoms with Crippen molar-refractivity contribution in [3.8, 4) is 5.75 Å². The normalized spacial score (nSPS) is 10.9. The fourth-order valence-electron chi connectivity index (χ4n) is 1.95. The topological polar surface area (TPSA) is 65.7 Å². The highest BCUT2D eigenvalue weighted by atomic mass is 16.5. The van der Waals surface area contributed by atoms with Crippen LogP contribution in [0.4, 0.5) is 0 Å². The van der Waals surface area contributed by atoms with Gasteiger partial charge in [-0.05, 0) is 32.0 Å². The Morgan fingerprint density at radius 2 is 2.00 bits per heavy atom. The molecule has 0 radical (unpaired) electrons. The predicted octanol–water partition coefficient (Wildman–Crippen LogP) is 3.48. The second kappa shape index (κ2) is 5.99. The van der Waals surface area contributed by atoms with E-state index in [0.717, 1.165) is 0 Å². The van der Waals surface area contributed by atoms with Gasteiger partial charge in [0.15, 0.2) is 0 Å². The van der Waals surface area contributed by atoms with E-state index >= 15 is 0 Å². The van der Waals surface area contributed by atoms with Gasteiger partial charge >= 0.3 is 11.9 Å². The molecule has 0 saturated heterocycles. The van der Waals surface area contributed by atoms with E-state index in [2.05, 4.69) is 0 Å². The van der Waals surface area contributed by atoms with Gasteiger partial charge in [0, 0.05) is 5.39 Å². The fourth-order valence-corrected chi connectivity index (χ4v) is 1.95. The van der Waals surface area contributed by atoms with Crippen LogP contribution in [-0.2, 0) is 9.53 Å². The second-order valence-corrected chi connectivity index (χ2v) is 4.99. The van der Waals surface area contributed by atoms with E-state index in [4.69, 9.17) is 13.9 Å². The van der Waals surface area contributed by atoms with Crippen molar-refractivity contribution >= 4 is 22.9 Å². The van der Waals surface area contributed by atoms with Gasteiger partial charge in [0.05, 0.1) is 12.5 Å². The van der Waals surface area contributed by atoms with E-state index in [9.17, 15) is 9.59 Å². The Bertz CT molecular complexity index is 681. The van der Waals surface area contributed by atoms with E-state index < -0.39 is 5.97 Å². The summed E-state index contributed by atoms with van der Waals surface area (Å²) in [6.45, 7) is 7.24. The lowest BCUT2D eigenvalue weighted by Gasteiger charge is -2.06. The van der Waals surface area contributed by atoms with Crippen molar-refractivity contribution in [2.24, 2.45) is 5.92 Å². The van der Waals surface area contributed by atoms with Crippen molar-refractivity contribution in [2.45, 2.75) is 27.7 Å². The molecule has 2 aromatic rings. The van der Waals surface area contributed by atoms with Gasteiger partial charge in [0.2, 0.25) is 0 Å². The minimum Gasteiger partial charge on any atom is -0.462 e. The van der Waals surface area contributed by atoms with Gasteiger partial charge in [-0.1, -0.05) is 13.8 Å². The molecule has 0 bridgehead atoms. The molecule has 2 rings (SSSR count). The Labute approximate surface area is 122 Å². The first-order chi connectivity index (χ1) is 9.93. The summed E-state index contributed by atoms with van der Waals surface area (Å²) in [4.78, 5) is 23.6. The van der Waals surface area contributed by atoms with E-state index in [1.807, 2.05) is 0 Å². The third-order valence-electron chi connectivity index (χ3n) is 3.00. The number of ether oxygens (including phenoxy) is 2. The first-order valence-electron chi connectivity index (χ1n) is 6.86. The zero-order valence-electron chi connectivity index (χ0n) is 12.6. The standard InChI is InChI=1S/C16H18O5/c1-5-19-16(18)14-10(4)20-13-7-6-11(8-12(13)14)21-15(17)9(2)3/h6-9H,5H2,1-4H3. The molecule has 1 aromatic heterocycles. The number of benzene rings is 1. The number of hydrogen-bond donors (Lipinski definition) is 0. The van der Waals surface area contributed by atoms with Crippen LogP contribution in [0.25, 0.3) is 11.0 Å². The van der Waals surface area contributed by atoms with Gasteiger partial charge in [-0.3, -0.25) is 4.79 Å². The molecule has 0 aliphatic carbocycles. The van der Waals surface area contributed by atoms with Crippen LogP contribution >= 0.6 is 0 Å². The summed E-state index contributed by atoms with van der Waals surface area (Å²) in [5.41, 5.74) is 0.925. The van der Waals surface area contributed by atoms with Crippen LogP contribution in [0.2, 0.25) is 0 Å². The maximum atomic E-state index is 12.0. The average Bonchev–Trinajstić information content (AvgIpc) is 2.74. The number of carbonyl (C=O) groups is 2. The number of furan rings is 1. The molecule has 21 heavy (non-hydrogen) atoms. The lowest BCUT2D eigenvalue weighted by Crippen LogP contribution is -2.14. The van der Waals surface area contributed by atoms with Crippen LogP contribution in [0.15, 0.2) is 22.6 Å². The lowest BCUT2D eigenvalue weighted by molar-refractivity contribution is -0.137. The summed E-state index contributed by atoms with van der Waals surface area (Å²) in [6, 6.07) is 4.94. The van der Waals surface area contributed by atoms with Gasteiger partial charge in [0.1, 0.15) is 22.7 Å². The van der Waals surface area contributed by atoms with Crippen molar-refractivity contribution in [2.75, 3.05) is 6.61 Å². The van der Waals surface area contributed by atoms with Crippen LogP contribution in [0.5, 0.6) is 5.75 Å². The number of aryl methyl sites for hydroxylation is 1. The van der Waals surface area contributed by atoms with Crippen LogP contribution in [-0.4, -0.2) is 18.5 Å². The first kappa shape index (κ1) is 15.1. The second-order valence-electron chi connectivity index (χ2n) is 4.99. The molecule has 5 nitrogen and oxygen atoms in total. The van der Waals surface area contributed by atoms with Gasteiger partial charge in [-0.25, -0.2) is 4.79 Å². The van der Waals surface area contributed by atoms with Gasteiger partial charge in [0.25, 0.3) is 0 Å². The smallest absolute Gasteiger partial charge is 0.342 e. The van der Waals surface area contributed by atoms with E-state index in [1.165, 1.54) is 0 Å². The average molecular weight is 290 g/mol. The van der Waals surface area contributed by atoms with Gasteiger partial charge in [-0.2, -0.15) is 0 Å². The molecule has 1 aromatic carbocycles. The van der Waals surface area contributed by atoms with E-state index in [1.54, 1.807) is 45.9 Å². The summed E-state index contributed by atoms with van der Waals surface area (Å²) < 4.78 is 15.8. The van der Waals surface area contributed by atoms with Crippen molar-refractivity contribution < 1.29 is 23.5 Å². The van der Waals surface area contributed by atoms with Crippen molar-refractivity contribution in [1.82, 2.24) is 0 Å². The van der Waals surface area contributed by atoms with Crippen LogP contribution < -0.4 is 4.74 Å². The molecule has 0 atom stereocenters. The molecule has 0 amide bonds. The van der Waals surface area contributed by atoms with Crippen LogP contribution in [0, 0.1) is 12.8 Å². The van der Waals surface area contributed by atoms with Crippen molar-refractivity contribution in [1.29, 1.82) is 0 Å². The zero-order chi connectivity index (χ0) is 15.6. The number of rotatable bonds is 4. The third-order valence-corrected chi connectivity index (χ3v) is 3.00. The SMILES string of the molecule is CCOC(=O)c1c(C)oc2ccc(OC(=O)C(C)C)cc12. The summed E-state index contributed by atoms with van der Waals surface area (Å²) >= 11 is 0. The monoisotopic (exact) mass is 290 g/mol. The Morgan fingerprint density at radius 1 is 1.29 bits per heavy atom. The minimum absolute atomic E-state index is 0.226. The molecule has 0 aliphatic rings. The number of fused-ring (bicyclic) bond motifs is 1. The molecule has 0 N–H and O–H groups in total. The fraction of sp³-hybridized carbons (Fsp3) is 0.375. The molecule has 0 fully saturated rings. The molecule has 0 aliphatic heterocycles. The summed E-state index contributed by atoms with van der Waals surface area (Å²) in [6.07, 6.45) is 0. The molecule has 0 spiro atoms. The van der Waals surface area contributed by atoms with Gasteiger partial charge < -0.3 is 13.9 Å². The number of esters is 2. The summed E-state index contributed by atoms with van der Waals surface area (Å²) in [7, 11) is 0. The highest BCUT2D eigenvalue weighted by Gasteiger charge is 2.20. The predicted molar refractivity (Wildman–Crippen MR) is 77.4 cm³/mol. The lowest BCUT2D eigenvalue weighted by atomic mass is 10.1. The Balaban J connectivity index is 2.43. The quantitative estimate of drug-likeness (QED) is 0.637. The maximum Gasteiger partial charge on any atom is 0.342 e.